The number of ketones is 1. The van der Waals surface area contributed by atoms with Gasteiger partial charge in [0.15, 0.2) is 5.78 Å². The monoisotopic (exact) mass is 286 g/mol. The maximum absolute atomic E-state index is 12.8. The lowest BCUT2D eigenvalue weighted by molar-refractivity contribution is 0.105. The first-order valence-corrected chi connectivity index (χ1v) is 7.29. The van der Waals surface area contributed by atoms with E-state index in [1.54, 1.807) is 6.07 Å². The first-order valence-electron chi connectivity index (χ1n) is 7.29. The Balaban J connectivity index is 1.96. The van der Waals surface area contributed by atoms with E-state index in [1.165, 1.54) is 0 Å². The quantitative estimate of drug-likeness (QED) is 0.721. The van der Waals surface area contributed by atoms with E-state index in [-0.39, 0.29) is 11.5 Å². The summed E-state index contributed by atoms with van der Waals surface area (Å²) < 4.78 is 0. The minimum absolute atomic E-state index is 0.0199. The Morgan fingerprint density at radius 3 is 2.55 bits per heavy atom. The van der Waals surface area contributed by atoms with Crippen LogP contribution in [0, 0.1) is 0 Å². The summed E-state index contributed by atoms with van der Waals surface area (Å²) in [7, 11) is 0. The van der Waals surface area contributed by atoms with Gasteiger partial charge in [-0.3, -0.25) is 4.79 Å². The number of fused-ring (bicyclic) bond motifs is 2. The molecule has 0 spiro atoms. The van der Waals surface area contributed by atoms with Gasteiger partial charge in [-0.15, -0.1) is 0 Å². The molecule has 1 N–H and O–H groups in total. The van der Waals surface area contributed by atoms with Crippen LogP contribution in [0.25, 0.3) is 16.3 Å². The van der Waals surface area contributed by atoms with Crippen molar-refractivity contribution in [3.63, 3.8) is 0 Å². The number of hydrogen-bond donors (Lipinski definition) is 1. The van der Waals surface area contributed by atoms with Gasteiger partial charge < -0.3 is 5.11 Å². The molecule has 4 rings (SSSR count). The number of phenols is 1. The number of aromatic hydroxyl groups is 1. The van der Waals surface area contributed by atoms with Crippen LogP contribution in [0.5, 0.6) is 5.75 Å². The number of phenolic OH excluding ortho intramolecular Hbond substituents is 1. The van der Waals surface area contributed by atoms with Crippen molar-refractivity contribution >= 4 is 22.1 Å². The van der Waals surface area contributed by atoms with E-state index in [1.807, 2.05) is 60.7 Å². The fourth-order valence-electron chi connectivity index (χ4n) is 3.13. The number of Topliss-reactive ketones (excluding diaryl/α,β-unsaturated/α-hetero) is 1. The van der Waals surface area contributed by atoms with Crippen molar-refractivity contribution in [1.29, 1.82) is 0 Å². The van der Waals surface area contributed by atoms with Crippen LogP contribution in [0.4, 0.5) is 0 Å². The predicted molar refractivity (Wildman–Crippen MR) is 88.1 cm³/mol. The fourth-order valence-corrected chi connectivity index (χ4v) is 3.13. The topological polar surface area (TPSA) is 37.3 Å². The van der Waals surface area contributed by atoms with Crippen LogP contribution in [-0.4, -0.2) is 10.9 Å². The molecular formula is C20H14O2. The molecule has 1 aliphatic rings. The number of carbonyl (C=O) groups is 1. The molecule has 0 aliphatic heterocycles. The summed E-state index contributed by atoms with van der Waals surface area (Å²) in [5.74, 6) is 0.131. The van der Waals surface area contributed by atoms with Crippen molar-refractivity contribution in [3.8, 4) is 5.75 Å². The van der Waals surface area contributed by atoms with Gasteiger partial charge in [-0.05, 0) is 28.8 Å². The van der Waals surface area contributed by atoms with Gasteiger partial charge in [0.2, 0.25) is 0 Å². The average molecular weight is 286 g/mol. The summed E-state index contributed by atoms with van der Waals surface area (Å²) in [6.45, 7) is 0. The van der Waals surface area contributed by atoms with Crippen LogP contribution in [0.2, 0.25) is 0 Å². The second-order valence-corrected chi connectivity index (χ2v) is 5.49. The molecule has 2 nitrogen and oxygen atoms in total. The average Bonchev–Trinajstić information content (AvgIpc) is 2.56. The molecule has 22 heavy (non-hydrogen) atoms. The zero-order valence-electron chi connectivity index (χ0n) is 11.9. The van der Waals surface area contributed by atoms with Gasteiger partial charge in [-0.2, -0.15) is 0 Å². The van der Waals surface area contributed by atoms with E-state index in [0.717, 1.165) is 21.9 Å². The minimum atomic E-state index is -0.0199. The maximum atomic E-state index is 12.8. The van der Waals surface area contributed by atoms with Crippen LogP contribution >= 0.6 is 0 Å². The van der Waals surface area contributed by atoms with Crippen molar-refractivity contribution in [1.82, 2.24) is 0 Å². The van der Waals surface area contributed by atoms with Gasteiger partial charge in [0.05, 0.1) is 0 Å². The Morgan fingerprint density at radius 2 is 1.64 bits per heavy atom. The zero-order chi connectivity index (χ0) is 15.1. The lowest BCUT2D eigenvalue weighted by atomic mass is 9.85. The summed E-state index contributed by atoms with van der Waals surface area (Å²) in [5.41, 5.74) is 2.99. The third-order valence-corrected chi connectivity index (χ3v) is 4.21. The van der Waals surface area contributed by atoms with Crippen molar-refractivity contribution < 1.29 is 9.90 Å². The molecule has 0 fully saturated rings. The minimum Gasteiger partial charge on any atom is -0.507 e. The van der Waals surface area contributed by atoms with E-state index >= 15 is 0 Å². The normalized spacial score (nSPS) is 13.8. The van der Waals surface area contributed by atoms with E-state index in [0.29, 0.717) is 17.6 Å². The first-order chi connectivity index (χ1) is 10.8. The van der Waals surface area contributed by atoms with Gasteiger partial charge >= 0.3 is 0 Å². The molecule has 0 radical (unpaired) electrons. The van der Waals surface area contributed by atoms with Gasteiger partial charge in [0.25, 0.3) is 0 Å². The maximum Gasteiger partial charge on any atom is 0.193 e. The van der Waals surface area contributed by atoms with E-state index in [2.05, 4.69) is 0 Å². The standard InChI is InChI=1S/C20H14O2/c21-18-12-10-13-5-1-3-7-15(13)19(18)17-11-9-14-6-2-4-8-16(14)20(17)22/h1-8,10-12,21H,9H2. The van der Waals surface area contributed by atoms with Crippen LogP contribution in [0.15, 0.2) is 66.7 Å². The first kappa shape index (κ1) is 12.8. The Hall–Kier alpha value is -2.87. The molecule has 0 heterocycles. The van der Waals surface area contributed by atoms with Crippen LogP contribution in [0.3, 0.4) is 0 Å². The van der Waals surface area contributed by atoms with Gasteiger partial charge in [-0.1, -0.05) is 60.7 Å². The molecule has 3 aromatic rings. The molecule has 0 amide bonds. The highest BCUT2D eigenvalue weighted by Crippen LogP contribution is 2.37. The summed E-state index contributed by atoms with van der Waals surface area (Å²) >= 11 is 0. The Labute approximate surface area is 128 Å². The molecule has 0 saturated carbocycles. The summed E-state index contributed by atoms with van der Waals surface area (Å²) in [6, 6.07) is 19.0. The lowest BCUT2D eigenvalue weighted by Gasteiger charge is -2.18. The van der Waals surface area contributed by atoms with Crippen molar-refractivity contribution in [2.75, 3.05) is 0 Å². The number of benzene rings is 3. The Kier molecular flexibility index (Phi) is 2.83. The molecular weight excluding hydrogens is 272 g/mol. The summed E-state index contributed by atoms with van der Waals surface area (Å²) in [6.07, 6.45) is 2.63. The van der Waals surface area contributed by atoms with Crippen LogP contribution in [0.1, 0.15) is 21.5 Å². The number of carbonyl (C=O) groups excluding carboxylic acids is 1. The molecule has 106 valence electrons. The largest absolute Gasteiger partial charge is 0.507 e. The third-order valence-electron chi connectivity index (χ3n) is 4.21. The molecule has 0 unspecified atom stereocenters. The van der Waals surface area contributed by atoms with E-state index in [4.69, 9.17) is 0 Å². The number of allylic oxidation sites excluding steroid dienone is 2. The Morgan fingerprint density at radius 1 is 0.864 bits per heavy atom. The Bertz CT molecular complexity index is 935. The number of hydrogen-bond acceptors (Lipinski definition) is 2. The van der Waals surface area contributed by atoms with Gasteiger partial charge in [0, 0.05) is 16.7 Å². The fraction of sp³-hybridized carbons (Fsp3) is 0.0500. The van der Waals surface area contributed by atoms with Crippen molar-refractivity contribution in [2.45, 2.75) is 6.42 Å². The van der Waals surface area contributed by atoms with E-state index in [9.17, 15) is 9.90 Å². The molecule has 0 atom stereocenters. The lowest BCUT2D eigenvalue weighted by Crippen LogP contribution is -2.11. The SMILES string of the molecule is O=C1C(c2c(O)ccc3ccccc23)=CCc2ccccc21. The molecule has 3 aromatic carbocycles. The van der Waals surface area contributed by atoms with Crippen LogP contribution in [-0.2, 0) is 6.42 Å². The van der Waals surface area contributed by atoms with Crippen molar-refractivity contribution in [2.24, 2.45) is 0 Å². The molecule has 1 aliphatic carbocycles. The smallest absolute Gasteiger partial charge is 0.193 e. The zero-order valence-corrected chi connectivity index (χ0v) is 11.9. The van der Waals surface area contributed by atoms with Gasteiger partial charge in [0.1, 0.15) is 5.75 Å². The van der Waals surface area contributed by atoms with Gasteiger partial charge in [-0.25, -0.2) is 0 Å². The highest BCUT2D eigenvalue weighted by molar-refractivity contribution is 6.32. The molecule has 0 aromatic heterocycles. The van der Waals surface area contributed by atoms with Crippen molar-refractivity contribution in [3.05, 3.63) is 83.4 Å². The number of rotatable bonds is 1. The summed E-state index contributed by atoms with van der Waals surface area (Å²) in [4.78, 5) is 12.8. The molecule has 0 bridgehead atoms. The predicted octanol–water partition coefficient (Wildman–Crippen LogP) is 4.37. The molecule has 0 saturated heterocycles. The second kappa shape index (κ2) is 4.85. The van der Waals surface area contributed by atoms with Crippen LogP contribution < -0.4 is 0 Å². The molecule has 2 heteroatoms. The second-order valence-electron chi connectivity index (χ2n) is 5.49. The summed E-state index contributed by atoms with van der Waals surface area (Å²) in [5, 5.41) is 12.3. The highest BCUT2D eigenvalue weighted by atomic mass is 16.3. The highest BCUT2D eigenvalue weighted by Gasteiger charge is 2.24. The third kappa shape index (κ3) is 1.85. The van der Waals surface area contributed by atoms with E-state index < -0.39 is 0 Å².